The monoisotopic (exact) mass is 254 g/mol. The Kier molecular flexibility index (Phi) is 6.17. The summed E-state index contributed by atoms with van der Waals surface area (Å²) in [6.45, 7) is 9.03. The van der Waals surface area contributed by atoms with E-state index in [1.54, 1.807) is 0 Å². The zero-order valence-electron chi connectivity index (χ0n) is 12.5. The minimum atomic E-state index is -0.563. The molecule has 1 rings (SSSR count). The third-order valence-corrected chi connectivity index (χ3v) is 4.64. The molecule has 2 nitrogen and oxygen atoms in total. The lowest BCUT2D eigenvalue weighted by atomic mass is 9.69. The first-order valence-corrected chi connectivity index (χ1v) is 7.64. The molecule has 1 fully saturated rings. The minimum absolute atomic E-state index is 0.0767. The number of aliphatic carboxylic acids is 1. The third-order valence-electron chi connectivity index (χ3n) is 4.64. The molecule has 0 aromatic carbocycles. The zero-order valence-corrected chi connectivity index (χ0v) is 12.5. The van der Waals surface area contributed by atoms with Gasteiger partial charge in [0.2, 0.25) is 0 Å². The quantitative estimate of drug-likeness (QED) is 0.753. The molecule has 106 valence electrons. The Labute approximate surface area is 112 Å². The summed E-state index contributed by atoms with van der Waals surface area (Å²) in [5, 5.41) is 9.34. The lowest BCUT2D eigenvalue weighted by Crippen LogP contribution is -2.32. The van der Waals surface area contributed by atoms with E-state index in [4.69, 9.17) is 0 Å². The molecule has 18 heavy (non-hydrogen) atoms. The van der Waals surface area contributed by atoms with Gasteiger partial charge in [0.1, 0.15) is 0 Å². The second kappa shape index (κ2) is 7.16. The summed E-state index contributed by atoms with van der Waals surface area (Å²) in [4.78, 5) is 11.3. The standard InChI is InChI=1S/C16H30O2/c1-11(2)6-5-7-14-10-13(12(3)4)8-9-15(14)16(17)18/h11-15H,5-10H2,1-4H3,(H,17,18). The summed E-state index contributed by atoms with van der Waals surface area (Å²) in [5.41, 5.74) is 0. The van der Waals surface area contributed by atoms with E-state index in [-0.39, 0.29) is 5.92 Å². The number of carbonyl (C=O) groups is 1. The van der Waals surface area contributed by atoms with Crippen LogP contribution in [0.25, 0.3) is 0 Å². The maximum atomic E-state index is 11.3. The average Bonchev–Trinajstić information content (AvgIpc) is 2.27. The summed E-state index contributed by atoms with van der Waals surface area (Å²) in [5.74, 6) is 1.95. The van der Waals surface area contributed by atoms with Crippen molar-refractivity contribution >= 4 is 5.97 Å². The molecule has 0 aliphatic heterocycles. The van der Waals surface area contributed by atoms with E-state index in [0.29, 0.717) is 11.8 Å². The molecule has 3 unspecified atom stereocenters. The zero-order chi connectivity index (χ0) is 13.7. The lowest BCUT2D eigenvalue weighted by Gasteiger charge is -2.36. The summed E-state index contributed by atoms with van der Waals surface area (Å²) < 4.78 is 0. The Morgan fingerprint density at radius 2 is 1.89 bits per heavy atom. The van der Waals surface area contributed by atoms with Gasteiger partial charge in [0, 0.05) is 0 Å². The van der Waals surface area contributed by atoms with Gasteiger partial charge in [0.15, 0.2) is 0 Å². The molecule has 1 aliphatic rings. The van der Waals surface area contributed by atoms with Crippen molar-refractivity contribution in [2.75, 3.05) is 0 Å². The highest BCUT2D eigenvalue weighted by Crippen LogP contribution is 2.40. The lowest BCUT2D eigenvalue weighted by molar-refractivity contribution is -0.145. The van der Waals surface area contributed by atoms with E-state index in [1.165, 1.54) is 12.8 Å². The minimum Gasteiger partial charge on any atom is -0.481 e. The average molecular weight is 254 g/mol. The summed E-state index contributed by atoms with van der Waals surface area (Å²) in [6.07, 6.45) is 6.66. The fraction of sp³-hybridized carbons (Fsp3) is 0.938. The fourth-order valence-electron chi connectivity index (χ4n) is 3.34. The van der Waals surface area contributed by atoms with Gasteiger partial charge in [0.25, 0.3) is 0 Å². The van der Waals surface area contributed by atoms with Gasteiger partial charge in [-0.05, 0) is 49.4 Å². The molecule has 0 saturated heterocycles. The Morgan fingerprint density at radius 1 is 1.22 bits per heavy atom. The Bertz CT molecular complexity index is 258. The van der Waals surface area contributed by atoms with Crippen LogP contribution in [0.3, 0.4) is 0 Å². The first kappa shape index (κ1) is 15.5. The Hall–Kier alpha value is -0.530. The van der Waals surface area contributed by atoms with Crippen molar-refractivity contribution < 1.29 is 9.90 Å². The van der Waals surface area contributed by atoms with Crippen LogP contribution < -0.4 is 0 Å². The normalized spacial score (nSPS) is 28.9. The molecule has 1 saturated carbocycles. The molecule has 1 N–H and O–H groups in total. The SMILES string of the molecule is CC(C)CCCC1CC(C(C)C)CCC1C(=O)O. The van der Waals surface area contributed by atoms with Crippen molar-refractivity contribution in [3.63, 3.8) is 0 Å². The van der Waals surface area contributed by atoms with Gasteiger partial charge in [-0.1, -0.05) is 40.5 Å². The topological polar surface area (TPSA) is 37.3 Å². The van der Waals surface area contributed by atoms with E-state index in [9.17, 15) is 9.90 Å². The Morgan fingerprint density at radius 3 is 2.39 bits per heavy atom. The van der Waals surface area contributed by atoms with Gasteiger partial charge < -0.3 is 5.11 Å². The van der Waals surface area contributed by atoms with Crippen LogP contribution in [0.5, 0.6) is 0 Å². The summed E-state index contributed by atoms with van der Waals surface area (Å²) in [7, 11) is 0. The Balaban J connectivity index is 2.52. The molecular formula is C16H30O2. The van der Waals surface area contributed by atoms with E-state index >= 15 is 0 Å². The first-order valence-electron chi connectivity index (χ1n) is 7.64. The molecule has 0 amide bonds. The molecule has 0 radical (unpaired) electrons. The number of hydrogen-bond acceptors (Lipinski definition) is 1. The van der Waals surface area contributed by atoms with Gasteiger partial charge >= 0.3 is 5.97 Å². The third kappa shape index (κ3) is 4.62. The van der Waals surface area contributed by atoms with Gasteiger partial charge in [0.05, 0.1) is 5.92 Å². The fourth-order valence-corrected chi connectivity index (χ4v) is 3.34. The van der Waals surface area contributed by atoms with Crippen molar-refractivity contribution in [3.05, 3.63) is 0 Å². The molecule has 0 aromatic rings. The second-order valence-electron chi connectivity index (χ2n) is 6.85. The van der Waals surface area contributed by atoms with Gasteiger partial charge in [-0.3, -0.25) is 4.79 Å². The maximum absolute atomic E-state index is 11.3. The van der Waals surface area contributed by atoms with Crippen LogP contribution in [0.1, 0.15) is 66.2 Å². The van der Waals surface area contributed by atoms with Crippen molar-refractivity contribution in [2.24, 2.45) is 29.6 Å². The van der Waals surface area contributed by atoms with E-state index in [2.05, 4.69) is 27.7 Å². The number of carboxylic acids is 1. The van der Waals surface area contributed by atoms with Crippen molar-refractivity contribution in [2.45, 2.75) is 66.2 Å². The van der Waals surface area contributed by atoms with Crippen LogP contribution >= 0.6 is 0 Å². The van der Waals surface area contributed by atoms with Crippen LogP contribution in [0.4, 0.5) is 0 Å². The highest BCUT2D eigenvalue weighted by molar-refractivity contribution is 5.70. The molecule has 3 atom stereocenters. The highest BCUT2D eigenvalue weighted by Gasteiger charge is 2.35. The smallest absolute Gasteiger partial charge is 0.306 e. The van der Waals surface area contributed by atoms with Crippen molar-refractivity contribution in [1.82, 2.24) is 0 Å². The van der Waals surface area contributed by atoms with Gasteiger partial charge in [-0.2, -0.15) is 0 Å². The van der Waals surface area contributed by atoms with Crippen LogP contribution in [0, 0.1) is 29.6 Å². The van der Waals surface area contributed by atoms with Crippen molar-refractivity contribution in [1.29, 1.82) is 0 Å². The highest BCUT2D eigenvalue weighted by atomic mass is 16.4. The molecular weight excluding hydrogens is 224 g/mol. The molecule has 2 heteroatoms. The first-order chi connectivity index (χ1) is 8.41. The predicted octanol–water partition coefficient (Wildman–Crippen LogP) is 4.59. The summed E-state index contributed by atoms with van der Waals surface area (Å²) >= 11 is 0. The van der Waals surface area contributed by atoms with Gasteiger partial charge in [-0.25, -0.2) is 0 Å². The molecule has 1 aliphatic carbocycles. The van der Waals surface area contributed by atoms with Gasteiger partial charge in [-0.15, -0.1) is 0 Å². The number of rotatable bonds is 6. The van der Waals surface area contributed by atoms with Crippen LogP contribution in [0.15, 0.2) is 0 Å². The maximum Gasteiger partial charge on any atom is 0.306 e. The number of hydrogen-bond donors (Lipinski definition) is 1. The second-order valence-corrected chi connectivity index (χ2v) is 6.85. The van der Waals surface area contributed by atoms with Crippen molar-refractivity contribution in [3.8, 4) is 0 Å². The largest absolute Gasteiger partial charge is 0.481 e. The van der Waals surface area contributed by atoms with E-state index in [0.717, 1.165) is 37.5 Å². The van der Waals surface area contributed by atoms with Crippen LogP contribution in [-0.4, -0.2) is 11.1 Å². The molecule has 0 spiro atoms. The van der Waals surface area contributed by atoms with E-state index in [1.807, 2.05) is 0 Å². The van der Waals surface area contributed by atoms with Crippen LogP contribution in [-0.2, 0) is 4.79 Å². The van der Waals surface area contributed by atoms with E-state index < -0.39 is 5.97 Å². The summed E-state index contributed by atoms with van der Waals surface area (Å²) in [6, 6.07) is 0. The molecule has 0 aromatic heterocycles. The molecule has 0 bridgehead atoms. The molecule has 0 heterocycles. The van der Waals surface area contributed by atoms with Crippen LogP contribution in [0.2, 0.25) is 0 Å². The number of carboxylic acid groups (broad SMARTS) is 1. The predicted molar refractivity (Wildman–Crippen MR) is 75.5 cm³/mol.